The molecule has 0 saturated carbocycles. The summed E-state index contributed by atoms with van der Waals surface area (Å²) in [5.74, 6) is 2.59. The molecular formula is C22H42O. The normalized spacial score (nSPS) is 10.5. The van der Waals surface area contributed by atoms with Crippen LogP contribution in [0, 0.1) is 0 Å². The van der Waals surface area contributed by atoms with E-state index in [1.165, 1.54) is 75.7 Å². The van der Waals surface area contributed by atoms with Gasteiger partial charge in [0.15, 0.2) is 0 Å². The summed E-state index contributed by atoms with van der Waals surface area (Å²) in [6, 6.07) is 0. The van der Waals surface area contributed by atoms with Crippen molar-refractivity contribution >= 4 is 0 Å². The first kappa shape index (κ1) is 22.3. The van der Waals surface area contributed by atoms with Crippen LogP contribution in [0.2, 0.25) is 0 Å². The van der Waals surface area contributed by atoms with Crippen molar-refractivity contribution in [1.82, 2.24) is 0 Å². The fourth-order valence-electron chi connectivity index (χ4n) is 3.22. The maximum Gasteiger partial charge on any atom is 0.103 e. The van der Waals surface area contributed by atoms with Gasteiger partial charge in [-0.3, -0.25) is 0 Å². The lowest BCUT2D eigenvalue weighted by atomic mass is 10.0. The quantitative estimate of drug-likeness (QED) is 0.292. The van der Waals surface area contributed by atoms with Gasteiger partial charge in [-0.15, -0.1) is 0 Å². The fraction of sp³-hybridized carbons (Fsp3) is 0.818. The van der Waals surface area contributed by atoms with E-state index in [1.54, 1.807) is 11.1 Å². The Labute approximate surface area is 146 Å². The van der Waals surface area contributed by atoms with E-state index in [0.717, 1.165) is 12.8 Å². The molecule has 0 spiro atoms. The predicted octanol–water partition coefficient (Wildman–Crippen LogP) is 8.31. The highest BCUT2D eigenvalue weighted by Gasteiger charge is 2.13. The molecule has 0 bridgehead atoms. The molecule has 1 heteroatoms. The first-order valence-electron chi connectivity index (χ1n) is 10.3. The topological polar surface area (TPSA) is 9.23 Å². The summed E-state index contributed by atoms with van der Waals surface area (Å²) in [6.45, 7) is 13.6. The third-order valence-corrected chi connectivity index (χ3v) is 4.20. The molecule has 0 aliphatic rings. The Morgan fingerprint density at radius 1 is 0.435 bits per heavy atom. The van der Waals surface area contributed by atoms with Gasteiger partial charge in [0.25, 0.3) is 0 Å². The molecule has 0 unspecified atom stereocenters. The van der Waals surface area contributed by atoms with Gasteiger partial charge in [0, 0.05) is 12.8 Å². The fourth-order valence-corrected chi connectivity index (χ4v) is 3.22. The number of rotatable bonds is 14. The monoisotopic (exact) mass is 322 g/mol. The van der Waals surface area contributed by atoms with Crippen LogP contribution in [0.3, 0.4) is 0 Å². The van der Waals surface area contributed by atoms with Crippen molar-refractivity contribution in [2.45, 2.75) is 119 Å². The summed E-state index contributed by atoms with van der Waals surface area (Å²) in [4.78, 5) is 0. The minimum atomic E-state index is 1.09. The van der Waals surface area contributed by atoms with Crippen LogP contribution in [0.4, 0.5) is 0 Å². The average molecular weight is 323 g/mol. The maximum atomic E-state index is 6.63. The van der Waals surface area contributed by atoms with E-state index in [0.29, 0.717) is 0 Å². The van der Waals surface area contributed by atoms with Gasteiger partial charge in [0.05, 0.1) is 0 Å². The second-order valence-electron chi connectivity index (χ2n) is 6.66. The molecule has 0 aromatic carbocycles. The third-order valence-electron chi connectivity index (χ3n) is 4.20. The van der Waals surface area contributed by atoms with Crippen molar-refractivity contribution in [3.05, 3.63) is 22.7 Å². The highest BCUT2D eigenvalue weighted by atomic mass is 16.5. The van der Waals surface area contributed by atoms with Gasteiger partial charge in [0.1, 0.15) is 11.5 Å². The van der Waals surface area contributed by atoms with E-state index in [1.807, 2.05) is 0 Å². The maximum absolute atomic E-state index is 6.63. The molecule has 0 N–H and O–H groups in total. The van der Waals surface area contributed by atoms with Crippen molar-refractivity contribution in [3.63, 3.8) is 0 Å². The second-order valence-corrected chi connectivity index (χ2v) is 6.66. The lowest BCUT2D eigenvalue weighted by Crippen LogP contribution is -2.03. The third kappa shape index (κ3) is 9.23. The SMILES string of the molecule is CCCC(CCC)=C(CCC)OC(CCC)=C(CCC)CCC. The van der Waals surface area contributed by atoms with E-state index in [9.17, 15) is 0 Å². The van der Waals surface area contributed by atoms with Crippen LogP contribution in [0.5, 0.6) is 0 Å². The Balaban J connectivity index is 5.57. The van der Waals surface area contributed by atoms with Crippen LogP contribution in [-0.4, -0.2) is 0 Å². The lowest BCUT2D eigenvalue weighted by Gasteiger charge is -2.21. The summed E-state index contributed by atoms with van der Waals surface area (Å²) >= 11 is 0. The van der Waals surface area contributed by atoms with Crippen molar-refractivity contribution < 1.29 is 4.74 Å². The molecule has 0 atom stereocenters. The van der Waals surface area contributed by atoms with E-state index in [-0.39, 0.29) is 0 Å². The van der Waals surface area contributed by atoms with Gasteiger partial charge in [0.2, 0.25) is 0 Å². The Morgan fingerprint density at radius 2 is 0.696 bits per heavy atom. The van der Waals surface area contributed by atoms with E-state index >= 15 is 0 Å². The number of hydrogen-bond acceptors (Lipinski definition) is 1. The molecule has 23 heavy (non-hydrogen) atoms. The summed E-state index contributed by atoms with van der Waals surface area (Å²) in [7, 11) is 0. The van der Waals surface area contributed by atoms with Gasteiger partial charge in [-0.05, 0) is 49.7 Å². The lowest BCUT2D eigenvalue weighted by molar-refractivity contribution is 0.260. The highest BCUT2D eigenvalue weighted by molar-refractivity contribution is 5.16. The van der Waals surface area contributed by atoms with Crippen molar-refractivity contribution in [1.29, 1.82) is 0 Å². The Kier molecular flexibility index (Phi) is 14.4. The number of allylic oxidation sites excluding steroid dienone is 4. The molecule has 136 valence electrons. The molecule has 0 aromatic rings. The minimum Gasteiger partial charge on any atom is -0.466 e. The van der Waals surface area contributed by atoms with Gasteiger partial charge < -0.3 is 4.74 Å². The zero-order chi connectivity index (χ0) is 17.5. The Bertz CT molecular complexity index is 299. The van der Waals surface area contributed by atoms with Crippen LogP contribution < -0.4 is 0 Å². The molecule has 0 aromatic heterocycles. The van der Waals surface area contributed by atoms with Crippen LogP contribution in [0.1, 0.15) is 119 Å². The van der Waals surface area contributed by atoms with E-state index in [2.05, 4.69) is 41.5 Å². The van der Waals surface area contributed by atoms with Crippen molar-refractivity contribution in [2.24, 2.45) is 0 Å². The summed E-state index contributed by atoms with van der Waals surface area (Å²) < 4.78 is 6.63. The molecule has 0 aliphatic carbocycles. The summed E-state index contributed by atoms with van der Waals surface area (Å²) in [5, 5.41) is 0. The van der Waals surface area contributed by atoms with Crippen LogP contribution in [-0.2, 0) is 4.74 Å². The smallest absolute Gasteiger partial charge is 0.103 e. The van der Waals surface area contributed by atoms with E-state index in [4.69, 9.17) is 4.74 Å². The summed E-state index contributed by atoms with van der Waals surface area (Å²) in [5.41, 5.74) is 3.13. The van der Waals surface area contributed by atoms with Gasteiger partial charge in [-0.25, -0.2) is 0 Å². The molecule has 0 saturated heterocycles. The predicted molar refractivity (Wildman–Crippen MR) is 105 cm³/mol. The number of hydrogen-bond donors (Lipinski definition) is 0. The zero-order valence-corrected chi connectivity index (χ0v) is 16.9. The molecule has 1 nitrogen and oxygen atoms in total. The van der Waals surface area contributed by atoms with Gasteiger partial charge in [-0.1, -0.05) is 67.2 Å². The molecule has 0 radical (unpaired) electrons. The van der Waals surface area contributed by atoms with Crippen molar-refractivity contribution in [2.75, 3.05) is 0 Å². The molecule has 0 fully saturated rings. The van der Waals surface area contributed by atoms with Gasteiger partial charge in [-0.2, -0.15) is 0 Å². The average Bonchev–Trinajstić information content (AvgIpc) is 2.53. The zero-order valence-electron chi connectivity index (χ0n) is 16.9. The molecule has 0 heterocycles. The largest absolute Gasteiger partial charge is 0.466 e. The van der Waals surface area contributed by atoms with E-state index < -0.39 is 0 Å². The minimum absolute atomic E-state index is 1.09. The first-order chi connectivity index (χ1) is 11.2. The van der Waals surface area contributed by atoms with Crippen LogP contribution >= 0.6 is 0 Å². The standard InChI is InChI=1S/C22H42O/c1-7-13-19(14-8-2)21(17-11-5)23-22(18-12-6)20(15-9-3)16-10-4/h7-18H2,1-6H3. The Hall–Kier alpha value is -0.720. The summed E-state index contributed by atoms with van der Waals surface area (Å²) in [6.07, 6.45) is 14.2. The molecular weight excluding hydrogens is 280 g/mol. The van der Waals surface area contributed by atoms with Gasteiger partial charge >= 0.3 is 0 Å². The number of ether oxygens (including phenoxy) is 1. The first-order valence-corrected chi connectivity index (χ1v) is 10.3. The van der Waals surface area contributed by atoms with Crippen LogP contribution in [0.15, 0.2) is 22.7 Å². The van der Waals surface area contributed by atoms with Crippen molar-refractivity contribution in [3.8, 4) is 0 Å². The molecule has 0 aliphatic heterocycles. The molecule has 0 amide bonds. The van der Waals surface area contributed by atoms with Crippen LogP contribution in [0.25, 0.3) is 0 Å². The molecule has 0 rings (SSSR count). The highest BCUT2D eigenvalue weighted by Crippen LogP contribution is 2.29. The second kappa shape index (κ2) is 14.8. The Morgan fingerprint density at radius 3 is 0.913 bits per heavy atom.